The number of benzene rings is 3. The van der Waals surface area contributed by atoms with Crippen LogP contribution in [0.3, 0.4) is 0 Å². The molecule has 0 atom stereocenters. The number of hydrogen-bond acceptors (Lipinski definition) is 3. The van der Waals surface area contributed by atoms with E-state index in [4.69, 9.17) is 32.9 Å². The second kappa shape index (κ2) is 9.90. The minimum Gasteiger partial charge on any atom is -0.462 e. The third-order valence-corrected chi connectivity index (χ3v) is 5.99. The molecular weight excluding hydrogens is 511 g/mol. The second-order valence-electron chi connectivity index (χ2n) is 7.11. The fourth-order valence-electron chi connectivity index (χ4n) is 3.35. The van der Waals surface area contributed by atoms with E-state index in [0.717, 1.165) is 32.8 Å². The number of nitrogens with zero attached hydrogens (tertiary/aromatic N) is 2. The van der Waals surface area contributed by atoms with E-state index in [-0.39, 0.29) is 5.97 Å². The summed E-state index contributed by atoms with van der Waals surface area (Å²) in [6.07, 6.45) is 2.57. The molecule has 0 bridgehead atoms. The molecule has 0 N–H and O–H groups in total. The lowest BCUT2D eigenvalue weighted by Gasteiger charge is -2.09. The number of hydrogen-bond donors (Lipinski definition) is 0. The monoisotopic (exact) mass is 528 g/mol. The molecule has 0 radical (unpaired) electrons. The molecule has 1 aromatic heterocycles. The summed E-state index contributed by atoms with van der Waals surface area (Å²) in [5, 5.41) is 1.11. The smallest absolute Gasteiger partial charge is 0.338 e. The van der Waals surface area contributed by atoms with Crippen molar-refractivity contribution < 1.29 is 9.53 Å². The zero-order valence-corrected chi connectivity index (χ0v) is 20.3. The van der Waals surface area contributed by atoms with Crippen LogP contribution in [-0.2, 0) is 11.2 Å². The van der Waals surface area contributed by atoms with Crippen LogP contribution in [0, 0.1) is 0 Å². The van der Waals surface area contributed by atoms with Crippen molar-refractivity contribution >= 4 is 45.1 Å². The van der Waals surface area contributed by atoms with Gasteiger partial charge in [0.25, 0.3) is 0 Å². The molecule has 0 unspecified atom stereocenters. The highest BCUT2D eigenvalue weighted by Crippen LogP contribution is 2.31. The average molecular weight is 530 g/mol. The van der Waals surface area contributed by atoms with Crippen LogP contribution in [0.2, 0.25) is 10.0 Å². The fourth-order valence-corrected chi connectivity index (χ4v) is 4.12. The SMILES string of the molecule is CCOC(=O)c1ccc(-n2cc(-c3ccc(Cl)cc3Cl)nc2Cc2ccc(Br)cc2)cc1. The zero-order valence-electron chi connectivity index (χ0n) is 17.2. The summed E-state index contributed by atoms with van der Waals surface area (Å²) in [7, 11) is 0. The molecule has 0 amide bonds. The number of aromatic nitrogens is 2. The predicted octanol–water partition coefficient (Wildman–Crippen LogP) is 7.38. The van der Waals surface area contributed by atoms with Crippen molar-refractivity contribution in [3.8, 4) is 16.9 Å². The Labute approximate surface area is 204 Å². The first-order chi connectivity index (χ1) is 15.4. The molecule has 0 aliphatic rings. The minimum absolute atomic E-state index is 0.338. The molecule has 162 valence electrons. The summed E-state index contributed by atoms with van der Waals surface area (Å²) in [5.74, 6) is 0.505. The number of imidazole rings is 1. The third kappa shape index (κ3) is 5.07. The lowest BCUT2D eigenvalue weighted by molar-refractivity contribution is 0.0526. The first kappa shape index (κ1) is 22.6. The van der Waals surface area contributed by atoms with Crippen LogP contribution in [0.4, 0.5) is 0 Å². The normalized spacial score (nSPS) is 10.9. The first-order valence-corrected chi connectivity index (χ1v) is 11.5. The summed E-state index contributed by atoms with van der Waals surface area (Å²) < 4.78 is 8.12. The Morgan fingerprint density at radius 1 is 1.03 bits per heavy atom. The van der Waals surface area contributed by atoms with Gasteiger partial charge < -0.3 is 9.30 Å². The molecule has 0 saturated carbocycles. The third-order valence-electron chi connectivity index (χ3n) is 4.92. The van der Waals surface area contributed by atoms with Crippen LogP contribution < -0.4 is 0 Å². The Bertz CT molecular complexity index is 1250. The van der Waals surface area contributed by atoms with Crippen LogP contribution in [0.1, 0.15) is 28.7 Å². The maximum atomic E-state index is 12.0. The van der Waals surface area contributed by atoms with Crippen molar-refractivity contribution in [1.82, 2.24) is 9.55 Å². The van der Waals surface area contributed by atoms with E-state index in [2.05, 4.69) is 28.1 Å². The Morgan fingerprint density at radius 2 is 1.75 bits per heavy atom. The summed E-state index contributed by atoms with van der Waals surface area (Å²) in [4.78, 5) is 16.9. The second-order valence-corrected chi connectivity index (χ2v) is 8.87. The highest BCUT2D eigenvalue weighted by molar-refractivity contribution is 9.10. The van der Waals surface area contributed by atoms with Gasteiger partial charge in [0.2, 0.25) is 0 Å². The van der Waals surface area contributed by atoms with E-state index >= 15 is 0 Å². The molecule has 4 nitrogen and oxygen atoms in total. The van der Waals surface area contributed by atoms with Crippen molar-refractivity contribution in [2.45, 2.75) is 13.3 Å². The van der Waals surface area contributed by atoms with Gasteiger partial charge in [0, 0.05) is 33.4 Å². The molecule has 0 fully saturated rings. The maximum absolute atomic E-state index is 12.0. The summed E-state index contributed by atoms with van der Waals surface area (Å²) >= 11 is 16.0. The van der Waals surface area contributed by atoms with Crippen molar-refractivity contribution in [1.29, 1.82) is 0 Å². The van der Waals surface area contributed by atoms with Crippen molar-refractivity contribution in [3.05, 3.63) is 104 Å². The van der Waals surface area contributed by atoms with Gasteiger partial charge in [0.1, 0.15) is 5.82 Å². The summed E-state index contributed by atoms with van der Waals surface area (Å²) in [5.41, 5.74) is 4.06. The van der Waals surface area contributed by atoms with E-state index < -0.39 is 0 Å². The number of carbonyl (C=O) groups is 1. The van der Waals surface area contributed by atoms with E-state index in [1.807, 2.05) is 41.1 Å². The molecule has 0 spiro atoms. The highest BCUT2D eigenvalue weighted by Gasteiger charge is 2.15. The van der Waals surface area contributed by atoms with Gasteiger partial charge in [-0.3, -0.25) is 0 Å². The molecule has 7 heteroatoms. The highest BCUT2D eigenvalue weighted by atomic mass is 79.9. The molecule has 4 rings (SSSR count). The van der Waals surface area contributed by atoms with Crippen LogP contribution in [0.5, 0.6) is 0 Å². The lowest BCUT2D eigenvalue weighted by atomic mass is 10.1. The largest absolute Gasteiger partial charge is 0.462 e. The van der Waals surface area contributed by atoms with E-state index in [1.54, 1.807) is 31.2 Å². The lowest BCUT2D eigenvalue weighted by Crippen LogP contribution is -2.05. The first-order valence-electron chi connectivity index (χ1n) is 10.0. The van der Waals surface area contributed by atoms with Gasteiger partial charge in [-0.05, 0) is 67.1 Å². The fraction of sp³-hybridized carbons (Fsp3) is 0.120. The number of ether oxygens (including phenoxy) is 1. The van der Waals surface area contributed by atoms with E-state index in [0.29, 0.717) is 28.6 Å². The quantitative estimate of drug-likeness (QED) is 0.245. The number of halogens is 3. The van der Waals surface area contributed by atoms with Gasteiger partial charge in [-0.15, -0.1) is 0 Å². The minimum atomic E-state index is -0.339. The van der Waals surface area contributed by atoms with E-state index in [1.165, 1.54) is 0 Å². The Kier molecular flexibility index (Phi) is 6.99. The molecule has 0 aliphatic heterocycles. The van der Waals surface area contributed by atoms with Crippen molar-refractivity contribution in [3.63, 3.8) is 0 Å². The van der Waals surface area contributed by atoms with Crippen LogP contribution in [0.15, 0.2) is 77.4 Å². The standard InChI is InChI=1S/C25H19BrCl2N2O2/c1-2-32-25(31)17-5-10-20(11-6-17)30-15-23(21-12-9-19(27)14-22(21)28)29-24(30)13-16-3-7-18(26)8-4-16/h3-12,14-15H,2,13H2,1H3. The van der Waals surface area contributed by atoms with Gasteiger partial charge in [0.05, 0.1) is 22.9 Å². The van der Waals surface area contributed by atoms with Crippen LogP contribution >= 0.6 is 39.1 Å². The Morgan fingerprint density at radius 3 is 2.41 bits per heavy atom. The van der Waals surface area contributed by atoms with Crippen LogP contribution in [-0.4, -0.2) is 22.1 Å². The molecule has 1 heterocycles. The van der Waals surface area contributed by atoms with Crippen LogP contribution in [0.25, 0.3) is 16.9 Å². The Hall–Kier alpha value is -2.60. The van der Waals surface area contributed by atoms with Crippen molar-refractivity contribution in [2.75, 3.05) is 6.61 Å². The topological polar surface area (TPSA) is 44.1 Å². The molecule has 4 aromatic rings. The van der Waals surface area contributed by atoms with Crippen molar-refractivity contribution in [2.24, 2.45) is 0 Å². The van der Waals surface area contributed by atoms with Gasteiger partial charge in [-0.25, -0.2) is 9.78 Å². The van der Waals surface area contributed by atoms with Gasteiger partial charge >= 0.3 is 5.97 Å². The molecular formula is C25H19BrCl2N2O2. The molecule has 32 heavy (non-hydrogen) atoms. The van der Waals surface area contributed by atoms with Gasteiger partial charge in [-0.2, -0.15) is 0 Å². The van der Waals surface area contributed by atoms with Gasteiger partial charge in [-0.1, -0.05) is 51.3 Å². The molecule has 0 aliphatic carbocycles. The number of carbonyl (C=O) groups excluding carboxylic acids is 1. The average Bonchev–Trinajstić information content (AvgIpc) is 3.19. The maximum Gasteiger partial charge on any atom is 0.338 e. The van der Waals surface area contributed by atoms with E-state index in [9.17, 15) is 4.79 Å². The molecule has 3 aromatic carbocycles. The summed E-state index contributed by atoms with van der Waals surface area (Å²) in [6, 6.07) is 20.8. The Balaban J connectivity index is 1.76. The number of esters is 1. The predicted molar refractivity (Wildman–Crippen MR) is 132 cm³/mol. The summed E-state index contributed by atoms with van der Waals surface area (Å²) in [6.45, 7) is 2.13. The van der Waals surface area contributed by atoms with Gasteiger partial charge in [0.15, 0.2) is 0 Å². The molecule has 0 saturated heterocycles. The zero-order chi connectivity index (χ0) is 22.7. The number of rotatable bonds is 6.